The first kappa shape index (κ1) is 19.6. The van der Waals surface area contributed by atoms with E-state index >= 15 is 0 Å². The highest BCUT2D eigenvalue weighted by Crippen LogP contribution is 2.23. The second-order valence-electron chi connectivity index (χ2n) is 8.06. The molecular formula is C25H30N4. The van der Waals surface area contributed by atoms with Crippen LogP contribution in [0.2, 0.25) is 0 Å². The van der Waals surface area contributed by atoms with Gasteiger partial charge in [-0.1, -0.05) is 60.7 Å². The zero-order valence-corrected chi connectivity index (χ0v) is 17.2. The highest BCUT2D eigenvalue weighted by Gasteiger charge is 2.19. The molecular weight excluding hydrogens is 356 g/mol. The third kappa shape index (κ3) is 5.42. The first-order valence-corrected chi connectivity index (χ1v) is 10.6. The highest BCUT2D eigenvalue weighted by atomic mass is 15.2. The molecule has 0 spiro atoms. The quantitative estimate of drug-likeness (QED) is 0.579. The molecule has 4 heteroatoms. The van der Waals surface area contributed by atoms with Gasteiger partial charge < -0.3 is 4.90 Å². The van der Waals surface area contributed by atoms with Gasteiger partial charge in [0, 0.05) is 25.7 Å². The number of aromatic nitrogens is 2. The molecule has 4 nitrogen and oxygen atoms in total. The van der Waals surface area contributed by atoms with Crippen LogP contribution < -0.4 is 4.90 Å². The molecule has 4 rings (SSSR count). The Morgan fingerprint density at radius 1 is 0.862 bits per heavy atom. The van der Waals surface area contributed by atoms with Gasteiger partial charge in [0.1, 0.15) is 0 Å². The lowest BCUT2D eigenvalue weighted by molar-refractivity contribution is 0.173. The van der Waals surface area contributed by atoms with Gasteiger partial charge in [-0.2, -0.15) is 0 Å². The summed E-state index contributed by atoms with van der Waals surface area (Å²) in [5.74, 6) is 1.76. The van der Waals surface area contributed by atoms with Crippen LogP contribution in [0, 0.1) is 5.92 Å². The molecule has 1 saturated heterocycles. The number of piperidine rings is 1. The molecule has 1 aromatic heterocycles. The normalized spacial score (nSPS) is 15.3. The Morgan fingerprint density at radius 3 is 2.21 bits per heavy atom. The van der Waals surface area contributed by atoms with Crippen molar-refractivity contribution >= 4 is 5.82 Å². The summed E-state index contributed by atoms with van der Waals surface area (Å²) in [7, 11) is 2.12. The molecule has 1 aliphatic heterocycles. The van der Waals surface area contributed by atoms with E-state index in [2.05, 4.69) is 81.6 Å². The fraction of sp³-hybridized carbons (Fsp3) is 0.360. The van der Waals surface area contributed by atoms with Crippen LogP contribution in [-0.2, 0) is 6.54 Å². The van der Waals surface area contributed by atoms with Gasteiger partial charge in [0.25, 0.3) is 0 Å². The van der Waals surface area contributed by atoms with Crippen molar-refractivity contribution in [1.82, 2.24) is 15.1 Å². The van der Waals surface area contributed by atoms with Gasteiger partial charge >= 0.3 is 0 Å². The fourth-order valence-corrected chi connectivity index (χ4v) is 4.06. The maximum absolute atomic E-state index is 4.45. The van der Waals surface area contributed by atoms with Crippen LogP contribution in [0.3, 0.4) is 0 Å². The summed E-state index contributed by atoms with van der Waals surface area (Å²) in [5, 5.41) is 8.86. The van der Waals surface area contributed by atoms with Crippen molar-refractivity contribution in [1.29, 1.82) is 0 Å². The minimum absolute atomic E-state index is 0.807. The largest absolute Gasteiger partial charge is 0.358 e. The van der Waals surface area contributed by atoms with E-state index in [1.165, 1.54) is 37.9 Å². The SMILES string of the molecule is CN(CCC1CCN(Cc2ccccc2)CC1)c1ccc(-c2ccccc2)nn1. The van der Waals surface area contributed by atoms with Crippen LogP contribution >= 0.6 is 0 Å². The van der Waals surface area contributed by atoms with Crippen molar-refractivity contribution in [3.8, 4) is 11.3 Å². The predicted octanol–water partition coefficient (Wildman–Crippen LogP) is 4.88. The summed E-state index contributed by atoms with van der Waals surface area (Å²) in [6.45, 7) is 4.52. The Kier molecular flexibility index (Phi) is 6.52. The molecule has 1 aliphatic rings. The summed E-state index contributed by atoms with van der Waals surface area (Å²) in [6.07, 6.45) is 3.80. The number of hydrogen-bond acceptors (Lipinski definition) is 4. The summed E-state index contributed by atoms with van der Waals surface area (Å²) in [4.78, 5) is 4.82. The lowest BCUT2D eigenvalue weighted by Gasteiger charge is -2.32. The molecule has 1 fully saturated rings. The third-order valence-corrected chi connectivity index (χ3v) is 5.94. The van der Waals surface area contributed by atoms with Crippen molar-refractivity contribution in [3.63, 3.8) is 0 Å². The Balaban J connectivity index is 1.22. The van der Waals surface area contributed by atoms with Gasteiger partial charge in [0.15, 0.2) is 5.82 Å². The van der Waals surface area contributed by atoms with Crippen LogP contribution in [-0.4, -0.2) is 41.8 Å². The Labute approximate surface area is 174 Å². The second kappa shape index (κ2) is 9.66. The van der Waals surface area contributed by atoms with Crippen LogP contribution in [0.1, 0.15) is 24.8 Å². The first-order valence-electron chi connectivity index (χ1n) is 10.6. The van der Waals surface area contributed by atoms with E-state index in [1.807, 2.05) is 18.2 Å². The molecule has 0 N–H and O–H groups in total. The minimum Gasteiger partial charge on any atom is -0.358 e. The summed E-state index contributed by atoms with van der Waals surface area (Å²) < 4.78 is 0. The maximum Gasteiger partial charge on any atom is 0.151 e. The van der Waals surface area contributed by atoms with Gasteiger partial charge in [0.05, 0.1) is 5.69 Å². The smallest absolute Gasteiger partial charge is 0.151 e. The third-order valence-electron chi connectivity index (χ3n) is 5.94. The summed E-state index contributed by atoms with van der Waals surface area (Å²) >= 11 is 0. The highest BCUT2D eigenvalue weighted by molar-refractivity contribution is 5.59. The minimum atomic E-state index is 0.807. The maximum atomic E-state index is 4.45. The second-order valence-corrected chi connectivity index (χ2v) is 8.06. The number of anilines is 1. The van der Waals surface area contributed by atoms with Crippen LogP contribution in [0.5, 0.6) is 0 Å². The van der Waals surface area contributed by atoms with E-state index < -0.39 is 0 Å². The summed E-state index contributed by atoms with van der Waals surface area (Å²) in [5.41, 5.74) is 3.45. The van der Waals surface area contributed by atoms with Crippen LogP contribution in [0.15, 0.2) is 72.8 Å². The fourth-order valence-electron chi connectivity index (χ4n) is 4.06. The van der Waals surface area contributed by atoms with Gasteiger partial charge in [-0.15, -0.1) is 10.2 Å². The number of hydrogen-bond donors (Lipinski definition) is 0. The van der Waals surface area contributed by atoms with Crippen molar-refractivity contribution in [2.45, 2.75) is 25.8 Å². The molecule has 0 unspecified atom stereocenters. The average molecular weight is 387 g/mol. The molecule has 0 radical (unpaired) electrons. The Bertz CT molecular complexity index is 856. The van der Waals surface area contributed by atoms with Crippen LogP contribution in [0.4, 0.5) is 5.82 Å². The number of benzene rings is 2. The average Bonchev–Trinajstić information content (AvgIpc) is 2.80. The molecule has 29 heavy (non-hydrogen) atoms. The topological polar surface area (TPSA) is 32.3 Å². The van der Waals surface area contributed by atoms with Gasteiger partial charge in [-0.25, -0.2) is 0 Å². The first-order chi connectivity index (χ1) is 14.3. The standard InChI is InChI=1S/C25H30N4/c1-28(25-13-12-24(26-27-25)23-10-6-3-7-11-23)17-14-21-15-18-29(19-16-21)20-22-8-4-2-5-9-22/h2-13,21H,14-20H2,1H3. The number of likely N-dealkylation sites (tertiary alicyclic amines) is 1. The van der Waals surface area contributed by atoms with Crippen molar-refractivity contribution in [2.24, 2.45) is 5.92 Å². The van der Waals surface area contributed by atoms with Crippen molar-refractivity contribution in [3.05, 3.63) is 78.4 Å². The van der Waals surface area contributed by atoms with E-state index in [0.29, 0.717) is 0 Å². The van der Waals surface area contributed by atoms with Crippen LogP contribution in [0.25, 0.3) is 11.3 Å². The molecule has 0 aliphatic carbocycles. The monoisotopic (exact) mass is 386 g/mol. The molecule has 150 valence electrons. The van der Waals surface area contributed by atoms with E-state index in [1.54, 1.807) is 0 Å². The molecule has 0 saturated carbocycles. The van der Waals surface area contributed by atoms with Gasteiger partial charge in [-0.3, -0.25) is 4.90 Å². The van der Waals surface area contributed by atoms with Gasteiger partial charge in [-0.05, 0) is 56.0 Å². The zero-order chi connectivity index (χ0) is 19.9. The van der Waals surface area contributed by atoms with E-state index in [-0.39, 0.29) is 0 Å². The number of rotatable bonds is 7. The lowest BCUT2D eigenvalue weighted by atomic mass is 9.93. The summed E-state index contributed by atoms with van der Waals surface area (Å²) in [6, 6.07) is 25.2. The molecule has 2 aromatic carbocycles. The molecule has 0 atom stereocenters. The Hall–Kier alpha value is -2.72. The van der Waals surface area contributed by atoms with E-state index in [9.17, 15) is 0 Å². The Morgan fingerprint density at radius 2 is 1.55 bits per heavy atom. The predicted molar refractivity (Wildman–Crippen MR) is 120 cm³/mol. The molecule has 2 heterocycles. The molecule has 3 aromatic rings. The van der Waals surface area contributed by atoms with Gasteiger partial charge in [0.2, 0.25) is 0 Å². The zero-order valence-electron chi connectivity index (χ0n) is 17.2. The van der Waals surface area contributed by atoms with E-state index in [4.69, 9.17) is 0 Å². The van der Waals surface area contributed by atoms with E-state index in [0.717, 1.165) is 36.1 Å². The molecule has 0 bridgehead atoms. The molecule has 0 amide bonds. The van der Waals surface area contributed by atoms with Crippen molar-refractivity contribution < 1.29 is 0 Å². The number of nitrogens with zero attached hydrogens (tertiary/aromatic N) is 4. The van der Waals surface area contributed by atoms with Crippen molar-refractivity contribution in [2.75, 3.05) is 31.6 Å². The lowest BCUT2D eigenvalue weighted by Crippen LogP contribution is -2.34.